The Kier molecular flexibility index (Phi) is 6.72. The largest absolute Gasteiger partial charge is 0.369 e. The number of carbonyl (C=O) groups excluding carboxylic acids is 1. The third kappa shape index (κ3) is 3.97. The predicted octanol–water partition coefficient (Wildman–Crippen LogP) is 5.34. The summed E-state index contributed by atoms with van der Waals surface area (Å²) >= 11 is 0. The lowest BCUT2D eigenvalue weighted by Crippen LogP contribution is -2.55. The summed E-state index contributed by atoms with van der Waals surface area (Å²) in [7, 11) is 1.60. The van der Waals surface area contributed by atoms with E-state index >= 15 is 0 Å². The minimum absolute atomic E-state index is 0.00818. The van der Waals surface area contributed by atoms with Gasteiger partial charge in [0.1, 0.15) is 11.9 Å². The Hall–Kier alpha value is -2.57. The fourth-order valence-corrected chi connectivity index (χ4v) is 5.39. The smallest absolute Gasteiger partial charge is 0.188 e. The zero-order chi connectivity index (χ0) is 22.7. The second kappa shape index (κ2) is 9.51. The number of halogens is 1. The van der Waals surface area contributed by atoms with Gasteiger partial charge in [-0.25, -0.2) is 4.39 Å². The van der Waals surface area contributed by atoms with Crippen molar-refractivity contribution in [3.05, 3.63) is 65.7 Å². The minimum Gasteiger partial charge on any atom is -0.369 e. The van der Waals surface area contributed by atoms with Gasteiger partial charge in [0.2, 0.25) is 0 Å². The van der Waals surface area contributed by atoms with Crippen LogP contribution in [0.5, 0.6) is 0 Å². The Morgan fingerprint density at radius 3 is 2.81 bits per heavy atom. The molecule has 1 saturated heterocycles. The van der Waals surface area contributed by atoms with Crippen LogP contribution in [0, 0.1) is 5.82 Å². The van der Waals surface area contributed by atoms with Gasteiger partial charge in [-0.1, -0.05) is 42.8 Å². The Morgan fingerprint density at radius 1 is 1.34 bits per heavy atom. The number of ketones is 1. The lowest BCUT2D eigenvalue weighted by atomic mass is 9.75. The molecule has 1 fully saturated rings. The topological polar surface area (TPSA) is 55.6 Å². The van der Waals surface area contributed by atoms with Crippen LogP contribution in [0.3, 0.4) is 0 Å². The summed E-state index contributed by atoms with van der Waals surface area (Å²) in [6.45, 7) is 5.92. The van der Waals surface area contributed by atoms with Crippen molar-refractivity contribution >= 4 is 16.8 Å². The summed E-state index contributed by atoms with van der Waals surface area (Å²) in [4.78, 5) is 15.1. The van der Waals surface area contributed by atoms with Crippen LogP contribution in [0.2, 0.25) is 0 Å². The van der Waals surface area contributed by atoms with Crippen molar-refractivity contribution in [1.82, 2.24) is 10.1 Å². The van der Waals surface area contributed by atoms with Gasteiger partial charge in [0.15, 0.2) is 11.4 Å². The first-order valence-corrected chi connectivity index (χ1v) is 11.4. The van der Waals surface area contributed by atoms with Gasteiger partial charge < -0.3 is 9.26 Å². The number of benzene rings is 1. The Bertz CT molecular complexity index is 1060. The van der Waals surface area contributed by atoms with Gasteiger partial charge in [-0.2, -0.15) is 0 Å². The van der Waals surface area contributed by atoms with Gasteiger partial charge in [0.05, 0.1) is 11.2 Å². The summed E-state index contributed by atoms with van der Waals surface area (Å²) in [6.07, 6.45) is 13.0. The van der Waals surface area contributed by atoms with Crippen LogP contribution >= 0.6 is 0 Å². The molecule has 0 saturated carbocycles. The van der Waals surface area contributed by atoms with Crippen molar-refractivity contribution in [2.24, 2.45) is 0 Å². The fraction of sp³-hybridized carbons (Fsp3) is 0.462. The number of hydrogen-bond donors (Lipinski definition) is 0. The van der Waals surface area contributed by atoms with E-state index < -0.39 is 6.10 Å². The van der Waals surface area contributed by atoms with E-state index in [-0.39, 0.29) is 23.1 Å². The maximum atomic E-state index is 13.5. The third-order valence-corrected chi connectivity index (χ3v) is 6.79. The van der Waals surface area contributed by atoms with E-state index in [0.717, 1.165) is 55.4 Å². The number of nitrogens with zero attached hydrogens (tertiary/aromatic N) is 2. The fourth-order valence-electron chi connectivity index (χ4n) is 5.39. The van der Waals surface area contributed by atoms with Crippen molar-refractivity contribution in [3.63, 3.8) is 0 Å². The molecule has 1 aliphatic heterocycles. The van der Waals surface area contributed by atoms with E-state index in [1.807, 2.05) is 13.0 Å². The summed E-state index contributed by atoms with van der Waals surface area (Å²) < 4.78 is 24.6. The first kappa shape index (κ1) is 22.6. The Morgan fingerprint density at radius 2 is 2.12 bits per heavy atom. The highest BCUT2D eigenvalue weighted by atomic mass is 19.1. The van der Waals surface area contributed by atoms with E-state index in [1.165, 1.54) is 12.1 Å². The van der Waals surface area contributed by atoms with E-state index in [0.29, 0.717) is 5.58 Å². The van der Waals surface area contributed by atoms with Gasteiger partial charge in [0.25, 0.3) is 0 Å². The van der Waals surface area contributed by atoms with Crippen molar-refractivity contribution in [2.75, 3.05) is 20.2 Å². The number of allylic oxidation sites excluding steroid dienone is 3. The molecule has 2 aliphatic rings. The minimum atomic E-state index is -0.560. The number of likely N-dealkylation sites (tertiary alicyclic amines) is 1. The number of carbonyl (C=O) groups is 1. The molecule has 1 aromatic heterocycles. The molecule has 2 atom stereocenters. The number of methoxy groups -OCH3 is 1. The van der Waals surface area contributed by atoms with Gasteiger partial charge >= 0.3 is 0 Å². The zero-order valence-corrected chi connectivity index (χ0v) is 19.0. The number of aromatic nitrogens is 1. The lowest BCUT2D eigenvalue weighted by Gasteiger charge is -2.48. The molecule has 6 heteroatoms. The summed E-state index contributed by atoms with van der Waals surface area (Å²) in [5, 5.41) is 5.18. The number of hydrogen-bond acceptors (Lipinski definition) is 5. The van der Waals surface area contributed by atoms with Crippen molar-refractivity contribution < 1.29 is 18.4 Å². The monoisotopic (exact) mass is 438 g/mol. The molecule has 2 aromatic rings. The molecule has 1 aliphatic carbocycles. The van der Waals surface area contributed by atoms with Crippen LogP contribution < -0.4 is 0 Å². The number of rotatable bonds is 7. The van der Waals surface area contributed by atoms with E-state index in [1.54, 1.807) is 19.3 Å². The highest BCUT2D eigenvalue weighted by molar-refractivity contribution is 5.98. The standard InChI is InChI=1S/C26H31FN2O3/c1-4-13-26(14-5-2,21-7-6-8-22(30)25(21)31-3)29-15-11-18(12-16-29)24-20-10-9-19(27)17-23(20)32-28-24/h4,6-10,13,17-18,25H,5,11-12,14-16H2,1-3H3. The van der Waals surface area contributed by atoms with Crippen molar-refractivity contribution in [3.8, 4) is 0 Å². The predicted molar refractivity (Wildman–Crippen MR) is 123 cm³/mol. The van der Waals surface area contributed by atoms with Gasteiger partial charge in [-0.15, -0.1) is 0 Å². The number of ether oxygens (including phenoxy) is 1. The SMILES string of the molecule is CC=CC(CCC)(C1=CC=CC(=O)C1OC)N1CCC(c2noc3cc(F)ccc23)CC1. The molecule has 0 N–H and O–H groups in total. The van der Waals surface area contributed by atoms with Crippen molar-refractivity contribution in [1.29, 1.82) is 0 Å². The molecule has 0 bridgehead atoms. The second-order valence-corrected chi connectivity index (χ2v) is 8.64. The molecule has 2 unspecified atom stereocenters. The van der Waals surface area contributed by atoms with E-state index in [9.17, 15) is 9.18 Å². The number of fused-ring (bicyclic) bond motifs is 1. The highest BCUT2D eigenvalue weighted by Crippen LogP contribution is 2.41. The Balaban J connectivity index is 1.62. The molecule has 32 heavy (non-hydrogen) atoms. The van der Waals surface area contributed by atoms with E-state index in [2.05, 4.69) is 35.2 Å². The molecule has 0 spiro atoms. The van der Waals surface area contributed by atoms with Crippen LogP contribution in [0.25, 0.3) is 11.0 Å². The molecule has 0 radical (unpaired) electrons. The average Bonchev–Trinajstić information content (AvgIpc) is 3.22. The van der Waals surface area contributed by atoms with E-state index in [4.69, 9.17) is 9.26 Å². The van der Waals surface area contributed by atoms with Crippen LogP contribution in [0.1, 0.15) is 51.1 Å². The normalized spacial score (nSPS) is 22.6. The third-order valence-electron chi connectivity index (χ3n) is 6.79. The van der Waals surface area contributed by atoms with Crippen LogP contribution in [0.15, 0.2) is 58.7 Å². The lowest BCUT2D eigenvalue weighted by molar-refractivity contribution is -0.123. The summed E-state index contributed by atoms with van der Waals surface area (Å²) in [6, 6.07) is 4.61. The van der Waals surface area contributed by atoms with Gasteiger partial charge in [-0.05, 0) is 63.1 Å². The molecule has 5 nitrogen and oxygen atoms in total. The second-order valence-electron chi connectivity index (χ2n) is 8.64. The molecule has 2 heterocycles. The molecule has 4 rings (SSSR count). The molecular weight excluding hydrogens is 407 g/mol. The Labute approximate surface area is 188 Å². The molecule has 0 amide bonds. The zero-order valence-electron chi connectivity index (χ0n) is 19.0. The molecular formula is C26H31FN2O3. The highest BCUT2D eigenvalue weighted by Gasteiger charge is 2.44. The first-order valence-electron chi connectivity index (χ1n) is 11.4. The maximum absolute atomic E-state index is 13.5. The van der Waals surface area contributed by atoms with Crippen LogP contribution in [0.4, 0.5) is 4.39 Å². The number of piperidine rings is 1. The van der Waals surface area contributed by atoms with Crippen LogP contribution in [-0.2, 0) is 9.53 Å². The molecule has 170 valence electrons. The summed E-state index contributed by atoms with van der Waals surface area (Å²) in [5.74, 6) is -0.0723. The van der Waals surface area contributed by atoms with Gasteiger partial charge in [0, 0.05) is 24.5 Å². The quantitative estimate of drug-likeness (QED) is 0.546. The van der Waals surface area contributed by atoms with Crippen LogP contribution in [-0.4, -0.2) is 47.7 Å². The molecule has 1 aromatic carbocycles. The van der Waals surface area contributed by atoms with Crippen molar-refractivity contribution in [2.45, 2.75) is 57.1 Å². The average molecular weight is 439 g/mol. The van der Waals surface area contributed by atoms with Gasteiger partial charge in [-0.3, -0.25) is 9.69 Å². The maximum Gasteiger partial charge on any atom is 0.188 e. The first-order chi connectivity index (χ1) is 15.5. The summed E-state index contributed by atoms with van der Waals surface area (Å²) in [5.41, 5.74) is 2.05.